The van der Waals surface area contributed by atoms with E-state index in [-0.39, 0.29) is 27.8 Å². The number of nitrogens with one attached hydrogen (secondary N) is 1. The minimum atomic E-state index is -0.388. The van der Waals surface area contributed by atoms with E-state index in [1.165, 1.54) is 6.21 Å². The molecule has 0 aliphatic heterocycles. The van der Waals surface area contributed by atoms with Crippen molar-refractivity contribution in [3.63, 3.8) is 0 Å². The summed E-state index contributed by atoms with van der Waals surface area (Å²) < 4.78 is 1.89. The molecule has 0 saturated heterocycles. The smallest absolute Gasteiger partial charge is 0.264 e. The van der Waals surface area contributed by atoms with Crippen LogP contribution in [0.3, 0.4) is 0 Å². The van der Waals surface area contributed by atoms with E-state index in [0.29, 0.717) is 6.54 Å². The highest BCUT2D eigenvalue weighted by Gasteiger charge is 2.27. The average Bonchev–Trinajstić information content (AvgIpc) is 3.26. The van der Waals surface area contributed by atoms with E-state index in [9.17, 15) is 9.90 Å². The van der Waals surface area contributed by atoms with E-state index < -0.39 is 0 Å². The summed E-state index contributed by atoms with van der Waals surface area (Å²) in [6.07, 6.45) is 3.41. The molecule has 0 bridgehead atoms. The monoisotopic (exact) mass is 310 g/mol. The number of aromatic nitrogens is 2. The van der Waals surface area contributed by atoms with Gasteiger partial charge in [-0.2, -0.15) is 0 Å². The van der Waals surface area contributed by atoms with Crippen LogP contribution in [-0.2, 0) is 0 Å². The average molecular weight is 310 g/mol. The molecule has 0 unspecified atom stereocenters. The molecule has 0 amide bonds. The van der Waals surface area contributed by atoms with Crippen molar-refractivity contribution < 1.29 is 5.11 Å². The van der Waals surface area contributed by atoms with Crippen LogP contribution in [-0.4, -0.2) is 52.0 Å². The zero-order chi connectivity index (χ0) is 15.4. The van der Waals surface area contributed by atoms with Gasteiger partial charge in [0.15, 0.2) is 4.77 Å². The fraction of sp³-hybridized carbons (Fsp3) is 0.643. The quantitative estimate of drug-likeness (QED) is 0.594. The predicted octanol–water partition coefficient (Wildman–Crippen LogP) is 1.71. The van der Waals surface area contributed by atoms with Crippen LogP contribution in [0, 0.1) is 4.77 Å². The molecular weight excluding hydrogens is 288 g/mol. The molecule has 1 heterocycles. The van der Waals surface area contributed by atoms with Gasteiger partial charge in [0.1, 0.15) is 5.56 Å². The van der Waals surface area contributed by atoms with Crippen molar-refractivity contribution in [1.82, 2.24) is 14.5 Å². The number of aromatic hydroxyl groups is 1. The van der Waals surface area contributed by atoms with Crippen LogP contribution in [0.4, 0.5) is 0 Å². The SMILES string of the molecule is CCN(CC)CCN=Cc1c(O)n(C2CC2)c(=S)[nH]c1=O. The van der Waals surface area contributed by atoms with Gasteiger partial charge in [0.25, 0.3) is 5.56 Å². The summed E-state index contributed by atoms with van der Waals surface area (Å²) in [5, 5.41) is 10.2. The van der Waals surface area contributed by atoms with Gasteiger partial charge in [0.05, 0.1) is 6.54 Å². The summed E-state index contributed by atoms with van der Waals surface area (Å²) in [4.78, 5) is 21.0. The number of aliphatic imine (C=N–C) groups is 1. The summed E-state index contributed by atoms with van der Waals surface area (Å²) >= 11 is 5.10. The van der Waals surface area contributed by atoms with E-state index in [1.54, 1.807) is 4.57 Å². The maximum Gasteiger partial charge on any atom is 0.264 e. The second kappa shape index (κ2) is 7.00. The summed E-state index contributed by atoms with van der Waals surface area (Å²) in [6, 6.07) is 0.206. The van der Waals surface area contributed by atoms with Gasteiger partial charge < -0.3 is 10.0 Å². The largest absolute Gasteiger partial charge is 0.494 e. The first kappa shape index (κ1) is 15.9. The van der Waals surface area contributed by atoms with Crippen LogP contribution >= 0.6 is 12.2 Å². The van der Waals surface area contributed by atoms with Crippen molar-refractivity contribution in [2.24, 2.45) is 4.99 Å². The Hall–Kier alpha value is -1.47. The third kappa shape index (κ3) is 3.79. The lowest BCUT2D eigenvalue weighted by atomic mass is 10.3. The van der Waals surface area contributed by atoms with Crippen LogP contribution < -0.4 is 5.56 Å². The first-order valence-corrected chi connectivity index (χ1v) is 7.79. The van der Waals surface area contributed by atoms with E-state index in [0.717, 1.165) is 32.5 Å². The number of nitrogens with zero attached hydrogens (tertiary/aromatic N) is 3. The van der Waals surface area contributed by atoms with Crippen molar-refractivity contribution in [2.75, 3.05) is 26.2 Å². The van der Waals surface area contributed by atoms with Gasteiger partial charge in [-0.15, -0.1) is 0 Å². The lowest BCUT2D eigenvalue weighted by molar-refractivity contribution is 0.313. The van der Waals surface area contributed by atoms with Crippen molar-refractivity contribution in [3.8, 4) is 5.88 Å². The predicted molar refractivity (Wildman–Crippen MR) is 86.1 cm³/mol. The van der Waals surface area contributed by atoms with E-state index >= 15 is 0 Å². The third-order valence-electron chi connectivity index (χ3n) is 3.73. The van der Waals surface area contributed by atoms with Crippen molar-refractivity contribution >= 4 is 18.4 Å². The van der Waals surface area contributed by atoms with Gasteiger partial charge in [-0.05, 0) is 38.1 Å². The lowest BCUT2D eigenvalue weighted by Gasteiger charge is -2.15. The standard InChI is InChI=1S/C14H22N4O2S/c1-3-17(4-2)8-7-15-9-11-12(19)16-14(21)18(13(11)20)10-5-6-10/h9-10,20H,3-8H2,1-2H3,(H,16,19,21). The fourth-order valence-corrected chi connectivity index (χ4v) is 2.56. The molecule has 2 N–H and O–H groups in total. The minimum Gasteiger partial charge on any atom is -0.494 e. The number of rotatable bonds is 7. The van der Waals surface area contributed by atoms with Gasteiger partial charge in [-0.25, -0.2) is 0 Å². The molecular formula is C14H22N4O2S. The Kier molecular flexibility index (Phi) is 5.30. The maximum atomic E-state index is 11.9. The van der Waals surface area contributed by atoms with Crippen molar-refractivity contribution in [1.29, 1.82) is 0 Å². The molecule has 0 radical (unpaired) electrons. The second-order valence-electron chi connectivity index (χ2n) is 5.16. The van der Waals surface area contributed by atoms with E-state index in [4.69, 9.17) is 12.2 Å². The highest BCUT2D eigenvalue weighted by atomic mass is 32.1. The van der Waals surface area contributed by atoms with Crippen LogP contribution in [0.2, 0.25) is 0 Å². The normalized spacial score (nSPS) is 15.2. The fourth-order valence-electron chi connectivity index (χ4n) is 2.23. The topological polar surface area (TPSA) is 73.6 Å². The summed E-state index contributed by atoms with van der Waals surface area (Å²) in [5.41, 5.74) is -0.198. The zero-order valence-corrected chi connectivity index (χ0v) is 13.3. The minimum absolute atomic E-state index is 0.0714. The molecule has 1 saturated carbocycles. The highest BCUT2D eigenvalue weighted by molar-refractivity contribution is 7.71. The molecule has 1 aliphatic carbocycles. The van der Waals surface area contributed by atoms with Gasteiger partial charge in [-0.1, -0.05) is 13.8 Å². The van der Waals surface area contributed by atoms with Crippen LogP contribution in [0.25, 0.3) is 0 Å². The lowest BCUT2D eigenvalue weighted by Crippen LogP contribution is -2.25. The molecule has 7 heteroatoms. The van der Waals surface area contributed by atoms with Gasteiger partial charge in [-0.3, -0.25) is 19.3 Å². The molecule has 1 fully saturated rings. The Labute approximate surface area is 129 Å². The van der Waals surface area contributed by atoms with Crippen LogP contribution in [0.5, 0.6) is 5.88 Å². The Bertz CT molecular complexity index is 627. The van der Waals surface area contributed by atoms with Crippen LogP contribution in [0.15, 0.2) is 9.79 Å². The van der Waals surface area contributed by atoms with Crippen LogP contribution in [0.1, 0.15) is 38.3 Å². The Morgan fingerprint density at radius 2 is 2.14 bits per heavy atom. The molecule has 1 aliphatic rings. The molecule has 116 valence electrons. The Morgan fingerprint density at radius 3 is 2.71 bits per heavy atom. The summed E-state index contributed by atoms with van der Waals surface area (Å²) in [7, 11) is 0. The van der Waals surface area contributed by atoms with Gasteiger partial charge in [0, 0.05) is 18.8 Å². The van der Waals surface area contributed by atoms with E-state index in [1.807, 2.05) is 0 Å². The molecule has 1 aromatic rings. The molecule has 0 spiro atoms. The van der Waals surface area contributed by atoms with Gasteiger partial charge in [0.2, 0.25) is 5.88 Å². The van der Waals surface area contributed by atoms with Crippen molar-refractivity contribution in [2.45, 2.75) is 32.7 Å². The Balaban J connectivity index is 2.14. The number of hydrogen-bond donors (Lipinski definition) is 2. The molecule has 6 nitrogen and oxygen atoms in total. The van der Waals surface area contributed by atoms with Crippen molar-refractivity contribution in [3.05, 3.63) is 20.7 Å². The summed E-state index contributed by atoms with van der Waals surface area (Å²) in [6.45, 7) is 7.59. The number of aromatic amines is 1. The maximum absolute atomic E-state index is 11.9. The van der Waals surface area contributed by atoms with Gasteiger partial charge >= 0.3 is 0 Å². The first-order valence-electron chi connectivity index (χ1n) is 7.38. The van der Waals surface area contributed by atoms with E-state index in [2.05, 4.69) is 28.7 Å². The number of hydrogen-bond acceptors (Lipinski definition) is 5. The molecule has 1 aromatic heterocycles. The third-order valence-corrected chi connectivity index (χ3v) is 4.02. The highest BCUT2D eigenvalue weighted by Crippen LogP contribution is 2.37. The molecule has 21 heavy (non-hydrogen) atoms. The molecule has 0 atom stereocenters. The molecule has 2 rings (SSSR count). The number of H-pyrrole nitrogens is 1. The second-order valence-corrected chi connectivity index (χ2v) is 5.55. The Morgan fingerprint density at radius 1 is 1.48 bits per heavy atom. The first-order chi connectivity index (χ1) is 10.1. The number of likely N-dealkylation sites (N-methyl/N-ethyl adjacent to an activating group) is 1. The summed E-state index contributed by atoms with van der Waals surface area (Å²) in [5.74, 6) is -0.0714. The zero-order valence-electron chi connectivity index (χ0n) is 12.5. The molecule has 0 aromatic carbocycles.